The van der Waals surface area contributed by atoms with Gasteiger partial charge in [-0.3, -0.25) is 14.7 Å². The maximum Gasteiger partial charge on any atom is 0.250 e. The molecule has 0 aliphatic carbocycles. The summed E-state index contributed by atoms with van der Waals surface area (Å²) in [5.41, 5.74) is 3.43. The number of ether oxygens (including phenoxy) is 2. The lowest BCUT2D eigenvalue weighted by Crippen LogP contribution is -2.42. The van der Waals surface area contributed by atoms with Gasteiger partial charge >= 0.3 is 0 Å². The summed E-state index contributed by atoms with van der Waals surface area (Å²) in [7, 11) is 0. The summed E-state index contributed by atoms with van der Waals surface area (Å²) in [5.74, 6) is 1.31. The minimum atomic E-state index is 0.0130. The van der Waals surface area contributed by atoms with Gasteiger partial charge in [-0.2, -0.15) is 0 Å². The fourth-order valence-corrected chi connectivity index (χ4v) is 6.42. The van der Waals surface area contributed by atoms with Crippen LogP contribution in [0.4, 0.5) is 11.5 Å². The lowest BCUT2D eigenvalue weighted by molar-refractivity contribution is -0.128. The number of fused-ring (bicyclic) bond motifs is 3. The summed E-state index contributed by atoms with van der Waals surface area (Å²) in [6.45, 7) is 9.23. The number of anilines is 2. The number of nitrogens with zero attached hydrogens (tertiary/aromatic N) is 5. The van der Waals surface area contributed by atoms with E-state index in [4.69, 9.17) is 21.1 Å². The molecule has 2 aliphatic rings. The minimum Gasteiger partial charge on any atom is -0.486 e. The zero-order valence-electron chi connectivity index (χ0n) is 21.9. The van der Waals surface area contributed by atoms with Crippen LogP contribution < -0.4 is 10.1 Å². The Balaban J connectivity index is 1.15. The van der Waals surface area contributed by atoms with Gasteiger partial charge < -0.3 is 19.7 Å². The van der Waals surface area contributed by atoms with Crippen LogP contribution in [-0.2, 0) is 29.1 Å². The molecule has 206 valence electrons. The molecule has 2 aliphatic heterocycles. The highest BCUT2D eigenvalue weighted by Gasteiger charge is 2.28. The second-order valence-corrected chi connectivity index (χ2v) is 11.2. The first-order valence-corrected chi connectivity index (χ1v) is 14.4. The number of hydrogen-bond acceptors (Lipinski definition) is 9. The highest BCUT2D eigenvalue weighted by Crippen LogP contribution is 2.39. The molecule has 0 bridgehead atoms. The van der Waals surface area contributed by atoms with Gasteiger partial charge in [-0.25, -0.2) is 9.97 Å². The predicted octanol–water partition coefficient (Wildman–Crippen LogP) is 4.84. The van der Waals surface area contributed by atoms with E-state index in [0.29, 0.717) is 55.8 Å². The molecule has 0 unspecified atom stereocenters. The number of thiophene rings is 1. The molecule has 1 saturated heterocycles. The van der Waals surface area contributed by atoms with Gasteiger partial charge in [0.05, 0.1) is 35.9 Å². The standard InChI is InChI=1S/C29H29ClN6O3S/c1-19(15-35-10-12-38-13-11-35)29(37)36-9-7-22-25(16-36)40-28-26(22)27(32-18-33-28)34-20-5-6-24(23(30)14-20)39-17-21-4-2-3-8-31-21/h2-6,8,14,18H,1,7,9-13,15-17H2,(H,32,33,34). The van der Waals surface area contributed by atoms with Crippen molar-refractivity contribution in [3.05, 3.63) is 82.2 Å². The van der Waals surface area contributed by atoms with E-state index >= 15 is 0 Å². The second kappa shape index (κ2) is 11.9. The Morgan fingerprint density at radius 1 is 1.15 bits per heavy atom. The van der Waals surface area contributed by atoms with Gasteiger partial charge in [-0.15, -0.1) is 11.3 Å². The summed E-state index contributed by atoms with van der Waals surface area (Å²) in [6.07, 6.45) is 4.03. The molecule has 40 heavy (non-hydrogen) atoms. The Bertz CT molecular complexity index is 1540. The Hall–Kier alpha value is -3.57. The predicted molar refractivity (Wildman–Crippen MR) is 156 cm³/mol. The van der Waals surface area contributed by atoms with Crippen LogP contribution in [0.1, 0.15) is 16.1 Å². The number of nitrogens with one attached hydrogen (secondary N) is 1. The molecule has 3 aromatic heterocycles. The normalized spacial score (nSPS) is 15.6. The maximum atomic E-state index is 13.2. The Morgan fingerprint density at radius 2 is 2.02 bits per heavy atom. The first kappa shape index (κ1) is 26.6. The van der Waals surface area contributed by atoms with Gasteiger partial charge in [0, 0.05) is 48.5 Å². The molecule has 4 aromatic rings. The number of morpholine rings is 1. The lowest BCUT2D eigenvalue weighted by Gasteiger charge is -2.31. The number of amides is 1. The maximum absolute atomic E-state index is 13.2. The summed E-state index contributed by atoms with van der Waals surface area (Å²) >= 11 is 8.15. The zero-order chi connectivity index (χ0) is 27.5. The van der Waals surface area contributed by atoms with E-state index in [9.17, 15) is 4.79 Å². The molecular formula is C29H29ClN6O3S. The average molecular weight is 577 g/mol. The van der Waals surface area contributed by atoms with Crippen molar-refractivity contribution in [2.24, 2.45) is 0 Å². The summed E-state index contributed by atoms with van der Waals surface area (Å²) in [4.78, 5) is 32.7. The molecule has 1 fully saturated rings. The van der Waals surface area contributed by atoms with Crippen LogP contribution in [0.2, 0.25) is 5.02 Å². The van der Waals surface area contributed by atoms with Crippen LogP contribution >= 0.6 is 22.9 Å². The van der Waals surface area contributed by atoms with Crippen LogP contribution in [0, 0.1) is 0 Å². The van der Waals surface area contributed by atoms with Gasteiger partial charge in [-0.05, 0) is 42.3 Å². The summed E-state index contributed by atoms with van der Waals surface area (Å²) in [6, 6.07) is 11.3. The third-order valence-corrected chi connectivity index (χ3v) is 8.46. The highest BCUT2D eigenvalue weighted by atomic mass is 35.5. The third-order valence-electron chi connectivity index (χ3n) is 7.04. The Labute approximate surface area is 241 Å². The van der Waals surface area contributed by atoms with Crippen molar-refractivity contribution in [3.63, 3.8) is 0 Å². The average Bonchev–Trinajstić information content (AvgIpc) is 3.36. The molecule has 5 heterocycles. The first-order valence-electron chi connectivity index (χ1n) is 13.2. The molecular weight excluding hydrogens is 548 g/mol. The van der Waals surface area contributed by atoms with Crippen molar-refractivity contribution >= 4 is 50.6 Å². The van der Waals surface area contributed by atoms with Crippen molar-refractivity contribution in [1.29, 1.82) is 0 Å². The second-order valence-electron chi connectivity index (χ2n) is 9.75. The smallest absolute Gasteiger partial charge is 0.250 e. The van der Waals surface area contributed by atoms with Crippen molar-refractivity contribution in [1.82, 2.24) is 24.8 Å². The Kier molecular flexibility index (Phi) is 7.92. The van der Waals surface area contributed by atoms with Crippen LogP contribution in [-0.4, -0.2) is 70.1 Å². The van der Waals surface area contributed by atoms with Gasteiger partial charge in [-0.1, -0.05) is 24.2 Å². The number of hydrogen-bond donors (Lipinski definition) is 1. The van der Waals surface area contributed by atoms with E-state index in [0.717, 1.165) is 51.8 Å². The number of pyridine rings is 1. The van der Waals surface area contributed by atoms with Crippen molar-refractivity contribution in [2.75, 3.05) is 44.7 Å². The van der Waals surface area contributed by atoms with E-state index in [1.807, 2.05) is 41.3 Å². The number of aromatic nitrogens is 3. The van der Waals surface area contributed by atoms with Gasteiger partial charge in [0.25, 0.3) is 5.91 Å². The van der Waals surface area contributed by atoms with E-state index in [2.05, 4.69) is 31.7 Å². The Morgan fingerprint density at radius 3 is 2.83 bits per heavy atom. The lowest BCUT2D eigenvalue weighted by atomic mass is 10.0. The molecule has 0 radical (unpaired) electrons. The van der Waals surface area contributed by atoms with Crippen molar-refractivity contribution < 1.29 is 14.3 Å². The third kappa shape index (κ3) is 5.80. The minimum absolute atomic E-state index is 0.0130. The summed E-state index contributed by atoms with van der Waals surface area (Å²) in [5, 5.41) is 4.90. The van der Waals surface area contributed by atoms with E-state index in [1.54, 1.807) is 23.9 Å². The highest BCUT2D eigenvalue weighted by molar-refractivity contribution is 7.19. The van der Waals surface area contributed by atoms with E-state index in [1.165, 1.54) is 5.56 Å². The fraction of sp³-hybridized carbons (Fsp3) is 0.310. The van der Waals surface area contributed by atoms with Crippen LogP contribution in [0.3, 0.4) is 0 Å². The number of rotatable bonds is 8. The monoisotopic (exact) mass is 576 g/mol. The van der Waals surface area contributed by atoms with Crippen LogP contribution in [0.15, 0.2) is 61.1 Å². The quantitative estimate of drug-likeness (QED) is 0.298. The van der Waals surface area contributed by atoms with Gasteiger partial charge in [0.15, 0.2) is 0 Å². The van der Waals surface area contributed by atoms with E-state index in [-0.39, 0.29) is 5.91 Å². The largest absolute Gasteiger partial charge is 0.486 e. The molecule has 1 amide bonds. The number of benzene rings is 1. The molecule has 11 heteroatoms. The molecule has 1 N–H and O–H groups in total. The molecule has 0 spiro atoms. The molecule has 1 aromatic carbocycles. The summed E-state index contributed by atoms with van der Waals surface area (Å²) < 4.78 is 11.3. The zero-order valence-corrected chi connectivity index (χ0v) is 23.5. The molecule has 0 saturated carbocycles. The number of halogens is 1. The molecule has 6 rings (SSSR count). The van der Waals surface area contributed by atoms with Crippen LogP contribution in [0.5, 0.6) is 5.75 Å². The van der Waals surface area contributed by atoms with Crippen molar-refractivity contribution in [2.45, 2.75) is 19.6 Å². The number of carbonyl (C=O) groups excluding carboxylic acids is 1. The molecule has 9 nitrogen and oxygen atoms in total. The fourth-order valence-electron chi connectivity index (χ4n) is 4.98. The van der Waals surface area contributed by atoms with Gasteiger partial charge in [0.2, 0.25) is 0 Å². The van der Waals surface area contributed by atoms with Crippen molar-refractivity contribution in [3.8, 4) is 5.75 Å². The van der Waals surface area contributed by atoms with Gasteiger partial charge in [0.1, 0.15) is 29.3 Å². The SMILES string of the molecule is C=C(CN1CCOCC1)C(=O)N1CCc2c(sc3ncnc(Nc4ccc(OCc5ccccn5)c(Cl)c4)c23)C1. The molecule has 0 atom stereocenters. The van der Waals surface area contributed by atoms with Crippen LogP contribution in [0.25, 0.3) is 10.2 Å². The topological polar surface area (TPSA) is 92.7 Å². The number of carbonyl (C=O) groups is 1. The first-order chi connectivity index (χ1) is 19.5. The van der Waals surface area contributed by atoms with E-state index < -0.39 is 0 Å².